The highest BCUT2D eigenvalue weighted by Gasteiger charge is 2.33. The van der Waals surface area contributed by atoms with E-state index in [4.69, 9.17) is 0 Å². The van der Waals surface area contributed by atoms with Crippen molar-refractivity contribution >= 4 is 28.4 Å². The molecular formula is C20H17N3O3. The van der Waals surface area contributed by atoms with Gasteiger partial charge in [0.25, 0.3) is 11.8 Å². The number of hydrogen-bond donors (Lipinski definition) is 1. The van der Waals surface area contributed by atoms with Crippen LogP contribution in [0.2, 0.25) is 0 Å². The van der Waals surface area contributed by atoms with E-state index in [1.54, 1.807) is 12.1 Å². The second kappa shape index (κ2) is 5.84. The predicted molar refractivity (Wildman–Crippen MR) is 98.4 cm³/mol. The summed E-state index contributed by atoms with van der Waals surface area (Å²) in [6.07, 6.45) is 1.47. The van der Waals surface area contributed by atoms with Gasteiger partial charge in [-0.05, 0) is 35.9 Å². The van der Waals surface area contributed by atoms with E-state index >= 15 is 0 Å². The van der Waals surface area contributed by atoms with Crippen LogP contribution >= 0.6 is 0 Å². The van der Waals surface area contributed by atoms with Gasteiger partial charge in [-0.1, -0.05) is 12.1 Å². The summed E-state index contributed by atoms with van der Waals surface area (Å²) in [6, 6.07) is 12.3. The highest BCUT2D eigenvalue weighted by Crippen LogP contribution is 2.34. The fraction of sp³-hybridized carbons (Fsp3) is 0.150. The average molecular weight is 347 g/mol. The number of hydrogen-bond acceptors (Lipinski definition) is 5. The SMILES string of the molecule is CN(C)c1ccc(CN2C(=O)c3ccnc4c(O)ccc(c34)C2=O)cc1. The number of aromatic nitrogens is 1. The zero-order chi connectivity index (χ0) is 18.4. The molecule has 4 rings (SSSR count). The molecule has 0 radical (unpaired) electrons. The van der Waals surface area contributed by atoms with Gasteiger partial charge in [-0.2, -0.15) is 0 Å². The molecule has 3 aromatic rings. The summed E-state index contributed by atoms with van der Waals surface area (Å²) < 4.78 is 0. The number of phenols is 1. The molecule has 0 saturated carbocycles. The quantitative estimate of drug-likeness (QED) is 0.738. The third kappa shape index (κ3) is 2.38. The fourth-order valence-corrected chi connectivity index (χ4v) is 3.22. The summed E-state index contributed by atoms with van der Waals surface area (Å²) >= 11 is 0. The van der Waals surface area contributed by atoms with E-state index < -0.39 is 0 Å². The molecule has 6 nitrogen and oxygen atoms in total. The Morgan fingerprint density at radius 2 is 1.62 bits per heavy atom. The number of benzene rings is 2. The molecule has 0 bridgehead atoms. The summed E-state index contributed by atoms with van der Waals surface area (Å²) in [6.45, 7) is 0.190. The fourth-order valence-electron chi connectivity index (χ4n) is 3.22. The van der Waals surface area contributed by atoms with E-state index in [9.17, 15) is 14.7 Å². The molecular weight excluding hydrogens is 330 g/mol. The van der Waals surface area contributed by atoms with Crippen molar-refractivity contribution in [3.05, 3.63) is 65.4 Å². The normalized spacial score (nSPS) is 13.4. The minimum atomic E-state index is -0.378. The Morgan fingerprint density at radius 3 is 2.27 bits per heavy atom. The van der Waals surface area contributed by atoms with Crippen LogP contribution in [-0.2, 0) is 6.54 Å². The largest absolute Gasteiger partial charge is 0.506 e. The lowest BCUT2D eigenvalue weighted by Gasteiger charge is -2.27. The van der Waals surface area contributed by atoms with Crippen LogP contribution in [0.3, 0.4) is 0 Å². The number of nitrogens with zero attached hydrogens (tertiary/aromatic N) is 3. The van der Waals surface area contributed by atoms with Gasteiger partial charge in [0.05, 0.1) is 17.7 Å². The smallest absolute Gasteiger partial charge is 0.261 e. The summed E-state index contributed by atoms with van der Waals surface area (Å²) in [5.41, 5.74) is 2.94. The maximum absolute atomic E-state index is 12.9. The van der Waals surface area contributed by atoms with Gasteiger partial charge in [0.1, 0.15) is 11.3 Å². The molecule has 1 aromatic heterocycles. The molecule has 0 fully saturated rings. The van der Waals surface area contributed by atoms with Gasteiger partial charge < -0.3 is 10.0 Å². The Morgan fingerprint density at radius 1 is 0.962 bits per heavy atom. The van der Waals surface area contributed by atoms with E-state index in [1.165, 1.54) is 17.2 Å². The number of aromatic hydroxyl groups is 1. The van der Waals surface area contributed by atoms with Crippen molar-refractivity contribution in [3.8, 4) is 5.75 Å². The van der Waals surface area contributed by atoms with Crippen LogP contribution in [0.15, 0.2) is 48.7 Å². The monoisotopic (exact) mass is 347 g/mol. The molecule has 130 valence electrons. The van der Waals surface area contributed by atoms with E-state index in [0.717, 1.165) is 11.3 Å². The molecule has 0 unspecified atom stereocenters. The Bertz CT molecular complexity index is 1020. The molecule has 0 atom stereocenters. The third-order valence-electron chi connectivity index (χ3n) is 4.62. The van der Waals surface area contributed by atoms with Crippen LogP contribution in [0.25, 0.3) is 10.9 Å². The number of anilines is 1. The van der Waals surface area contributed by atoms with Crippen molar-refractivity contribution in [2.75, 3.05) is 19.0 Å². The summed E-state index contributed by atoms with van der Waals surface area (Å²) in [5.74, 6) is -0.798. The standard InChI is InChI=1S/C20H17N3O3/c1-22(2)13-5-3-12(4-6-13)11-23-19(25)14-7-8-16(24)18-17(14)15(20(23)26)9-10-21-18/h3-10,24H,11H2,1-2H3. The van der Waals surface area contributed by atoms with Crippen molar-refractivity contribution in [1.82, 2.24) is 9.88 Å². The number of carbonyl (C=O) groups excluding carboxylic acids is 2. The topological polar surface area (TPSA) is 73.7 Å². The number of amides is 2. The lowest BCUT2D eigenvalue weighted by Crippen LogP contribution is -2.39. The zero-order valence-electron chi connectivity index (χ0n) is 14.4. The summed E-state index contributed by atoms with van der Waals surface area (Å²) in [4.78, 5) is 33.1. The predicted octanol–water partition coefficient (Wildman–Crippen LogP) is 2.80. The maximum atomic E-state index is 12.9. The van der Waals surface area contributed by atoms with Crippen molar-refractivity contribution in [1.29, 1.82) is 0 Å². The second-order valence-corrected chi connectivity index (χ2v) is 6.47. The van der Waals surface area contributed by atoms with Crippen molar-refractivity contribution in [3.63, 3.8) is 0 Å². The minimum absolute atomic E-state index is 0.0427. The first-order valence-corrected chi connectivity index (χ1v) is 8.20. The molecule has 6 heteroatoms. The Hall–Kier alpha value is -3.41. The van der Waals surface area contributed by atoms with Crippen molar-refractivity contribution in [2.45, 2.75) is 6.54 Å². The number of imide groups is 1. The highest BCUT2D eigenvalue weighted by atomic mass is 16.3. The van der Waals surface area contributed by atoms with E-state index in [2.05, 4.69) is 4.98 Å². The highest BCUT2D eigenvalue weighted by molar-refractivity contribution is 6.25. The van der Waals surface area contributed by atoms with Gasteiger partial charge in [0.15, 0.2) is 0 Å². The Labute approximate surface area is 150 Å². The van der Waals surface area contributed by atoms with Crippen LogP contribution in [-0.4, -0.2) is 40.9 Å². The first-order chi connectivity index (χ1) is 12.5. The summed E-state index contributed by atoms with van der Waals surface area (Å²) in [7, 11) is 3.90. The lowest BCUT2D eigenvalue weighted by atomic mass is 9.96. The van der Waals surface area contributed by atoms with Gasteiger partial charge in [-0.25, -0.2) is 0 Å². The zero-order valence-corrected chi connectivity index (χ0v) is 14.4. The molecule has 1 aliphatic heterocycles. The van der Waals surface area contributed by atoms with Gasteiger partial charge >= 0.3 is 0 Å². The van der Waals surface area contributed by atoms with Crippen LogP contribution in [0.1, 0.15) is 26.3 Å². The average Bonchev–Trinajstić information content (AvgIpc) is 2.64. The van der Waals surface area contributed by atoms with Crippen LogP contribution in [0.5, 0.6) is 5.75 Å². The molecule has 0 spiro atoms. The molecule has 2 amide bonds. The lowest BCUT2D eigenvalue weighted by molar-refractivity contribution is 0.0598. The van der Waals surface area contributed by atoms with Gasteiger partial charge in [0.2, 0.25) is 0 Å². The van der Waals surface area contributed by atoms with E-state index in [1.807, 2.05) is 43.3 Å². The minimum Gasteiger partial charge on any atom is -0.506 e. The Balaban J connectivity index is 1.75. The van der Waals surface area contributed by atoms with Gasteiger partial charge in [-0.15, -0.1) is 0 Å². The van der Waals surface area contributed by atoms with Gasteiger partial charge in [0, 0.05) is 31.4 Å². The van der Waals surface area contributed by atoms with E-state index in [0.29, 0.717) is 16.5 Å². The number of phenolic OH excluding ortho intramolecular Hbond substituents is 1. The second-order valence-electron chi connectivity index (χ2n) is 6.47. The summed E-state index contributed by atoms with van der Waals surface area (Å²) in [5, 5.41) is 10.4. The first kappa shape index (κ1) is 16.1. The molecule has 0 aliphatic carbocycles. The van der Waals surface area contributed by atoms with Crippen LogP contribution in [0.4, 0.5) is 5.69 Å². The van der Waals surface area contributed by atoms with Crippen molar-refractivity contribution < 1.29 is 14.7 Å². The molecule has 1 N–H and O–H groups in total. The Kier molecular flexibility index (Phi) is 3.61. The van der Waals surface area contributed by atoms with Crippen LogP contribution < -0.4 is 4.90 Å². The molecule has 1 aliphatic rings. The molecule has 2 aromatic carbocycles. The molecule has 26 heavy (non-hydrogen) atoms. The van der Waals surface area contributed by atoms with Crippen molar-refractivity contribution in [2.24, 2.45) is 0 Å². The van der Waals surface area contributed by atoms with E-state index in [-0.39, 0.29) is 29.6 Å². The number of rotatable bonds is 3. The number of carbonyl (C=O) groups is 2. The number of pyridine rings is 1. The molecule has 0 saturated heterocycles. The first-order valence-electron chi connectivity index (χ1n) is 8.20. The van der Waals surface area contributed by atoms with Crippen LogP contribution in [0, 0.1) is 0 Å². The third-order valence-corrected chi connectivity index (χ3v) is 4.62. The maximum Gasteiger partial charge on any atom is 0.261 e. The van der Waals surface area contributed by atoms with Gasteiger partial charge in [-0.3, -0.25) is 19.5 Å². The molecule has 2 heterocycles.